The second-order valence-electron chi connectivity index (χ2n) is 11.4. The molecule has 0 spiro atoms. The number of benzene rings is 8. The zero-order valence-corrected chi connectivity index (χ0v) is 25.0. The van der Waals surface area contributed by atoms with Crippen LogP contribution in [0.3, 0.4) is 0 Å². The van der Waals surface area contributed by atoms with Gasteiger partial charge in [-0.3, -0.25) is 0 Å². The maximum Gasteiger partial charge on any atom is 0.119 e. The molecule has 0 saturated carbocycles. The Morgan fingerprint density at radius 1 is 0.489 bits per heavy atom. The van der Waals surface area contributed by atoms with Gasteiger partial charge in [0.15, 0.2) is 0 Å². The van der Waals surface area contributed by atoms with Crippen molar-refractivity contribution in [2.24, 2.45) is 0 Å². The smallest absolute Gasteiger partial charge is 0.119 e. The van der Waals surface area contributed by atoms with E-state index in [1.165, 1.54) is 54.6 Å². The number of hydrogen-bond acceptors (Lipinski definition) is 2. The second kappa shape index (κ2) is 11.3. The van der Waals surface area contributed by atoms with Crippen molar-refractivity contribution in [1.82, 2.24) is 0 Å². The lowest BCUT2D eigenvalue weighted by molar-refractivity contribution is 0.415. The molecule has 0 aliphatic heterocycles. The number of nitrogens with zero attached hydrogens (tertiary/aromatic N) is 1. The normalized spacial score (nSPS) is 11.8. The van der Waals surface area contributed by atoms with Crippen LogP contribution in [0.15, 0.2) is 164 Å². The van der Waals surface area contributed by atoms with Crippen molar-refractivity contribution < 1.29 is 4.74 Å². The predicted molar refractivity (Wildman–Crippen MR) is 191 cm³/mol. The molecule has 8 aromatic rings. The Morgan fingerprint density at radius 2 is 1.04 bits per heavy atom. The molecule has 8 rings (SSSR count). The van der Waals surface area contributed by atoms with Crippen LogP contribution in [0.1, 0.15) is 16.7 Å². The van der Waals surface area contributed by atoms with Gasteiger partial charge in [0, 0.05) is 16.8 Å². The van der Waals surface area contributed by atoms with Crippen LogP contribution in [0.25, 0.3) is 44.0 Å². The van der Waals surface area contributed by atoms with E-state index in [-0.39, 0.29) is 0 Å². The average Bonchev–Trinajstić information content (AvgIpc) is 3.11. The van der Waals surface area contributed by atoms with Crippen LogP contribution in [0, 0.1) is 0 Å². The molecule has 0 N–H and O–H groups in total. The first-order valence-electron chi connectivity index (χ1n) is 15.3. The van der Waals surface area contributed by atoms with Crippen molar-refractivity contribution in [3.63, 3.8) is 0 Å². The largest absolute Gasteiger partial charge is 0.497 e. The van der Waals surface area contributed by atoms with Crippen LogP contribution in [-0.4, -0.2) is 7.11 Å². The molecular formula is C43H31NO. The quantitative estimate of drug-likeness (QED) is 0.138. The Kier molecular flexibility index (Phi) is 6.73. The number of rotatable bonds is 7. The average molecular weight is 578 g/mol. The third kappa shape index (κ3) is 4.87. The van der Waals surface area contributed by atoms with Crippen LogP contribution in [0.2, 0.25) is 0 Å². The maximum atomic E-state index is 5.52. The fourth-order valence-corrected chi connectivity index (χ4v) is 6.53. The van der Waals surface area contributed by atoms with Gasteiger partial charge in [-0.1, -0.05) is 121 Å². The Bertz CT molecular complexity index is 2250. The fraction of sp³-hybridized carbons (Fsp3) is 0.0233. The Hall–Kier alpha value is -5.86. The van der Waals surface area contributed by atoms with Crippen molar-refractivity contribution in [1.29, 1.82) is 0 Å². The Labute approximate surface area is 263 Å². The van der Waals surface area contributed by atoms with Gasteiger partial charge in [-0.05, 0) is 97.7 Å². The van der Waals surface area contributed by atoms with Gasteiger partial charge in [0.1, 0.15) is 5.75 Å². The molecule has 0 atom stereocenters. The molecule has 0 heterocycles. The van der Waals surface area contributed by atoms with E-state index in [9.17, 15) is 0 Å². The van der Waals surface area contributed by atoms with Gasteiger partial charge in [-0.2, -0.15) is 0 Å². The molecule has 0 radical (unpaired) electrons. The van der Waals surface area contributed by atoms with Gasteiger partial charge < -0.3 is 9.64 Å². The van der Waals surface area contributed by atoms with Crippen LogP contribution >= 0.6 is 0 Å². The second-order valence-corrected chi connectivity index (χ2v) is 11.4. The number of methoxy groups -OCH3 is 1. The van der Waals surface area contributed by atoms with Crippen LogP contribution in [0.4, 0.5) is 17.1 Å². The molecule has 0 amide bonds. The van der Waals surface area contributed by atoms with Crippen molar-refractivity contribution in [2.45, 2.75) is 0 Å². The molecule has 0 unspecified atom stereocenters. The van der Waals surface area contributed by atoms with Gasteiger partial charge >= 0.3 is 0 Å². The summed E-state index contributed by atoms with van der Waals surface area (Å²) in [6.07, 6.45) is 2.27. The summed E-state index contributed by atoms with van der Waals surface area (Å²) in [5, 5.41) is 7.63. The SMILES string of the molecule is COc1ccc(N(c2ccc(C(=Cc3ccccc3)c3ccccc3)cc2)c2ccc3ccc4cccc5ccc2c3c45)cc1. The van der Waals surface area contributed by atoms with E-state index in [0.29, 0.717) is 0 Å². The van der Waals surface area contributed by atoms with Gasteiger partial charge in [-0.15, -0.1) is 0 Å². The molecule has 0 saturated heterocycles. The zero-order chi connectivity index (χ0) is 30.2. The minimum absolute atomic E-state index is 0.836. The first-order valence-corrected chi connectivity index (χ1v) is 15.3. The molecule has 2 nitrogen and oxygen atoms in total. The monoisotopic (exact) mass is 577 g/mol. The molecule has 0 fully saturated rings. The van der Waals surface area contributed by atoms with E-state index < -0.39 is 0 Å². The van der Waals surface area contributed by atoms with E-state index in [4.69, 9.17) is 4.74 Å². The van der Waals surface area contributed by atoms with Crippen molar-refractivity contribution >= 4 is 61.0 Å². The van der Waals surface area contributed by atoms with Crippen molar-refractivity contribution in [3.8, 4) is 5.75 Å². The standard InChI is InChI=1S/C43H31NO/c1-45-38-25-23-37(24-26-38)44(41-28-20-35-16-15-33-13-8-14-34-19-27-39(41)43(35)42(33)34)36-21-17-32(18-22-36)40(31-11-6-3-7-12-31)29-30-9-4-2-5-10-30/h2-29H,1H3. The summed E-state index contributed by atoms with van der Waals surface area (Å²) in [6, 6.07) is 58.5. The highest BCUT2D eigenvalue weighted by Crippen LogP contribution is 2.44. The van der Waals surface area contributed by atoms with Gasteiger partial charge in [-0.25, -0.2) is 0 Å². The zero-order valence-electron chi connectivity index (χ0n) is 25.0. The summed E-state index contributed by atoms with van der Waals surface area (Å²) in [5.41, 5.74) is 8.02. The van der Waals surface area contributed by atoms with Gasteiger partial charge in [0.05, 0.1) is 12.8 Å². The Morgan fingerprint density at radius 3 is 1.71 bits per heavy atom. The Balaban J connectivity index is 1.30. The number of anilines is 3. The molecule has 214 valence electrons. The van der Waals surface area contributed by atoms with E-state index in [0.717, 1.165) is 22.8 Å². The summed E-state index contributed by atoms with van der Waals surface area (Å²) < 4.78 is 5.52. The van der Waals surface area contributed by atoms with E-state index in [1.54, 1.807) is 7.11 Å². The molecule has 0 aliphatic rings. The third-order valence-electron chi connectivity index (χ3n) is 8.71. The first kappa shape index (κ1) is 26.7. The van der Waals surface area contributed by atoms with Crippen LogP contribution in [0.5, 0.6) is 5.75 Å². The molecule has 0 aromatic heterocycles. The molecule has 2 heteroatoms. The summed E-state index contributed by atoms with van der Waals surface area (Å²) >= 11 is 0. The van der Waals surface area contributed by atoms with Crippen molar-refractivity contribution in [3.05, 3.63) is 180 Å². The lowest BCUT2D eigenvalue weighted by Gasteiger charge is -2.28. The number of ether oxygens (including phenoxy) is 1. The van der Waals surface area contributed by atoms with E-state index >= 15 is 0 Å². The van der Waals surface area contributed by atoms with Gasteiger partial charge in [0.2, 0.25) is 0 Å². The molecular weight excluding hydrogens is 546 g/mol. The topological polar surface area (TPSA) is 12.5 Å². The molecule has 0 aliphatic carbocycles. The molecule has 8 aromatic carbocycles. The van der Waals surface area contributed by atoms with E-state index in [1.807, 2.05) is 12.1 Å². The lowest BCUT2D eigenvalue weighted by Crippen LogP contribution is -2.10. The fourth-order valence-electron chi connectivity index (χ4n) is 6.53. The summed E-state index contributed by atoms with van der Waals surface area (Å²) in [4.78, 5) is 2.36. The summed E-state index contributed by atoms with van der Waals surface area (Å²) in [7, 11) is 1.71. The molecule has 45 heavy (non-hydrogen) atoms. The van der Waals surface area contributed by atoms with E-state index in [2.05, 4.69) is 163 Å². The van der Waals surface area contributed by atoms with Crippen LogP contribution < -0.4 is 9.64 Å². The predicted octanol–water partition coefficient (Wildman–Crippen LogP) is 11.7. The summed E-state index contributed by atoms with van der Waals surface area (Å²) in [6.45, 7) is 0. The van der Waals surface area contributed by atoms with Crippen LogP contribution in [-0.2, 0) is 0 Å². The maximum absolute atomic E-state index is 5.52. The highest BCUT2D eigenvalue weighted by molar-refractivity contribution is 6.25. The van der Waals surface area contributed by atoms with Crippen molar-refractivity contribution in [2.75, 3.05) is 12.0 Å². The minimum Gasteiger partial charge on any atom is -0.497 e. The molecule has 0 bridgehead atoms. The lowest BCUT2D eigenvalue weighted by atomic mass is 9.93. The third-order valence-corrected chi connectivity index (χ3v) is 8.71. The summed E-state index contributed by atoms with van der Waals surface area (Å²) in [5.74, 6) is 0.836. The number of hydrogen-bond donors (Lipinski definition) is 0. The first-order chi connectivity index (χ1) is 22.3. The minimum atomic E-state index is 0.836. The highest BCUT2D eigenvalue weighted by Gasteiger charge is 2.19. The van der Waals surface area contributed by atoms with Gasteiger partial charge in [0.25, 0.3) is 0 Å². The highest BCUT2D eigenvalue weighted by atomic mass is 16.5.